The molecule has 3 nitrogen and oxygen atoms in total. The third kappa shape index (κ3) is 2.73. The van der Waals surface area contributed by atoms with E-state index < -0.39 is 0 Å². The van der Waals surface area contributed by atoms with Crippen LogP contribution in [-0.4, -0.2) is 16.5 Å². The second kappa shape index (κ2) is 5.87. The van der Waals surface area contributed by atoms with Crippen LogP contribution >= 0.6 is 11.6 Å². The van der Waals surface area contributed by atoms with Crippen molar-refractivity contribution in [3.8, 4) is 11.3 Å². The van der Waals surface area contributed by atoms with Crippen molar-refractivity contribution in [3.05, 3.63) is 46.4 Å². The first-order valence-electron chi connectivity index (χ1n) is 6.18. The highest BCUT2D eigenvalue weighted by atomic mass is 35.5. The molecule has 0 radical (unpaired) electrons. The largest absolute Gasteiger partial charge is 1.00 e. The van der Waals surface area contributed by atoms with Crippen LogP contribution in [0.15, 0.2) is 24.3 Å². The molecule has 0 unspecified atom stereocenters. The minimum atomic E-state index is 0. The Balaban J connectivity index is 0.00000133. The molecule has 1 aliphatic rings. The number of hydrogen-bond acceptors (Lipinski definition) is 2. The average Bonchev–Trinajstić information content (AvgIpc) is 2.38. The van der Waals surface area contributed by atoms with Gasteiger partial charge in [-0.25, -0.2) is 9.97 Å². The molecular formula is C14H15Cl2N3. The number of aryl methyl sites for hydroxylation is 1. The molecule has 0 bridgehead atoms. The van der Waals surface area contributed by atoms with Crippen molar-refractivity contribution in [1.82, 2.24) is 9.97 Å². The third-order valence-corrected chi connectivity index (χ3v) is 3.57. The number of nitrogens with two attached hydrogens (primary N) is 1. The zero-order valence-electron chi connectivity index (χ0n) is 10.7. The van der Waals surface area contributed by atoms with Crippen LogP contribution in [-0.2, 0) is 13.0 Å². The number of fused-ring (bicyclic) bond motifs is 1. The SMILES string of the molecule is Cc1ccccc1-c1nc(Cl)nc2c1C[NH2+]CC2.[Cl-]. The summed E-state index contributed by atoms with van der Waals surface area (Å²) >= 11 is 6.05. The van der Waals surface area contributed by atoms with Gasteiger partial charge in [0.1, 0.15) is 6.54 Å². The maximum absolute atomic E-state index is 6.05. The molecule has 0 amide bonds. The fourth-order valence-electron chi connectivity index (χ4n) is 2.47. The Morgan fingerprint density at radius 3 is 2.79 bits per heavy atom. The van der Waals surface area contributed by atoms with Crippen molar-refractivity contribution in [1.29, 1.82) is 0 Å². The predicted octanol–water partition coefficient (Wildman–Crippen LogP) is -1.27. The van der Waals surface area contributed by atoms with Crippen molar-refractivity contribution in [3.63, 3.8) is 0 Å². The Morgan fingerprint density at radius 2 is 2.00 bits per heavy atom. The van der Waals surface area contributed by atoms with Gasteiger partial charge >= 0.3 is 0 Å². The zero-order chi connectivity index (χ0) is 12.5. The summed E-state index contributed by atoms with van der Waals surface area (Å²) in [6, 6.07) is 8.28. The number of hydrogen-bond donors (Lipinski definition) is 1. The van der Waals surface area contributed by atoms with Gasteiger partial charge in [-0.15, -0.1) is 0 Å². The molecule has 1 aromatic carbocycles. The van der Waals surface area contributed by atoms with E-state index >= 15 is 0 Å². The van der Waals surface area contributed by atoms with E-state index in [1.807, 2.05) is 12.1 Å². The van der Waals surface area contributed by atoms with E-state index in [1.54, 1.807) is 0 Å². The van der Waals surface area contributed by atoms with Gasteiger partial charge in [-0.1, -0.05) is 24.3 Å². The maximum Gasteiger partial charge on any atom is 0.223 e. The molecule has 3 rings (SSSR count). The van der Waals surface area contributed by atoms with Gasteiger partial charge in [-0.3, -0.25) is 0 Å². The topological polar surface area (TPSA) is 42.4 Å². The van der Waals surface area contributed by atoms with Crippen LogP contribution in [0, 0.1) is 6.92 Å². The minimum Gasteiger partial charge on any atom is -1.00 e. The molecule has 0 atom stereocenters. The molecule has 0 saturated carbocycles. The van der Waals surface area contributed by atoms with Crippen molar-refractivity contribution < 1.29 is 17.7 Å². The number of nitrogens with zero attached hydrogens (tertiary/aromatic N) is 2. The lowest BCUT2D eigenvalue weighted by Crippen LogP contribution is -3.00. The fourth-order valence-corrected chi connectivity index (χ4v) is 2.65. The van der Waals surface area contributed by atoms with Crippen molar-refractivity contribution in [2.45, 2.75) is 19.9 Å². The van der Waals surface area contributed by atoms with Gasteiger partial charge in [0.05, 0.1) is 23.5 Å². The molecule has 19 heavy (non-hydrogen) atoms. The van der Waals surface area contributed by atoms with Crippen LogP contribution < -0.4 is 17.7 Å². The molecule has 2 N–H and O–H groups in total. The van der Waals surface area contributed by atoms with Crippen LogP contribution in [0.1, 0.15) is 16.8 Å². The highest BCUT2D eigenvalue weighted by Gasteiger charge is 2.20. The van der Waals surface area contributed by atoms with Crippen molar-refractivity contribution in [2.24, 2.45) is 0 Å². The number of rotatable bonds is 1. The standard InChI is InChI=1S/C14H14ClN3.ClH/c1-9-4-2-3-5-10(9)13-11-8-16-7-6-12(11)17-14(15)18-13;/h2-5,16H,6-8H2,1H3;1H. The van der Waals surface area contributed by atoms with E-state index in [9.17, 15) is 0 Å². The molecule has 100 valence electrons. The van der Waals surface area contributed by atoms with Gasteiger partial charge in [0.15, 0.2) is 0 Å². The number of aromatic nitrogens is 2. The summed E-state index contributed by atoms with van der Waals surface area (Å²) in [7, 11) is 0. The van der Waals surface area contributed by atoms with Gasteiger partial charge < -0.3 is 17.7 Å². The summed E-state index contributed by atoms with van der Waals surface area (Å²) in [4.78, 5) is 8.82. The highest BCUT2D eigenvalue weighted by molar-refractivity contribution is 6.28. The Morgan fingerprint density at radius 1 is 1.21 bits per heavy atom. The van der Waals surface area contributed by atoms with Crippen LogP contribution in [0.2, 0.25) is 5.28 Å². The zero-order valence-corrected chi connectivity index (χ0v) is 12.2. The first-order valence-corrected chi connectivity index (χ1v) is 6.56. The first kappa shape index (κ1) is 14.3. The fraction of sp³-hybridized carbons (Fsp3) is 0.286. The summed E-state index contributed by atoms with van der Waals surface area (Å²) in [5.74, 6) is 0. The normalized spacial score (nSPS) is 13.6. The van der Waals surface area contributed by atoms with E-state index in [0.29, 0.717) is 5.28 Å². The smallest absolute Gasteiger partial charge is 0.223 e. The van der Waals surface area contributed by atoms with Crippen LogP contribution in [0.4, 0.5) is 0 Å². The maximum atomic E-state index is 6.05. The summed E-state index contributed by atoms with van der Waals surface area (Å²) in [5, 5.41) is 2.65. The van der Waals surface area contributed by atoms with Crippen LogP contribution in [0.25, 0.3) is 11.3 Å². The lowest BCUT2D eigenvalue weighted by molar-refractivity contribution is -0.673. The van der Waals surface area contributed by atoms with Crippen molar-refractivity contribution in [2.75, 3.05) is 6.54 Å². The van der Waals surface area contributed by atoms with E-state index in [-0.39, 0.29) is 12.4 Å². The molecule has 1 aliphatic heterocycles. The lowest BCUT2D eigenvalue weighted by atomic mass is 9.98. The van der Waals surface area contributed by atoms with Gasteiger partial charge in [0.2, 0.25) is 5.28 Å². The van der Waals surface area contributed by atoms with Gasteiger partial charge in [0, 0.05) is 12.0 Å². The van der Waals surface area contributed by atoms with Gasteiger partial charge in [-0.2, -0.15) is 0 Å². The van der Waals surface area contributed by atoms with E-state index in [0.717, 1.165) is 36.5 Å². The Kier molecular flexibility index (Phi) is 4.40. The van der Waals surface area contributed by atoms with Gasteiger partial charge in [-0.05, 0) is 24.1 Å². The number of quaternary nitrogens is 1. The second-order valence-corrected chi connectivity index (χ2v) is 4.95. The Bertz CT molecular complexity index is 599. The Labute approximate surface area is 123 Å². The molecular weight excluding hydrogens is 281 g/mol. The molecule has 0 spiro atoms. The highest BCUT2D eigenvalue weighted by Crippen LogP contribution is 2.28. The van der Waals surface area contributed by atoms with E-state index in [1.165, 1.54) is 11.1 Å². The number of halogens is 2. The average molecular weight is 296 g/mol. The Hall–Kier alpha value is -1.16. The number of benzene rings is 1. The summed E-state index contributed by atoms with van der Waals surface area (Å²) in [5.41, 5.74) is 5.73. The lowest BCUT2D eigenvalue weighted by Gasteiger charge is -2.17. The quantitative estimate of drug-likeness (QED) is 0.667. The second-order valence-electron chi connectivity index (χ2n) is 4.61. The predicted molar refractivity (Wildman–Crippen MR) is 71.4 cm³/mol. The summed E-state index contributed by atoms with van der Waals surface area (Å²) in [6.07, 6.45) is 0.969. The van der Waals surface area contributed by atoms with E-state index in [4.69, 9.17) is 11.6 Å². The molecule has 5 heteroatoms. The molecule has 2 aromatic rings. The first-order chi connectivity index (χ1) is 8.75. The molecule has 0 aliphatic carbocycles. The summed E-state index contributed by atoms with van der Waals surface area (Å²) < 4.78 is 0. The monoisotopic (exact) mass is 295 g/mol. The van der Waals surface area contributed by atoms with Crippen LogP contribution in [0.3, 0.4) is 0 Å². The molecule has 0 saturated heterocycles. The molecule has 0 fully saturated rings. The summed E-state index contributed by atoms with van der Waals surface area (Å²) in [6.45, 7) is 4.12. The molecule has 2 heterocycles. The minimum absolute atomic E-state index is 0. The third-order valence-electron chi connectivity index (χ3n) is 3.40. The van der Waals surface area contributed by atoms with E-state index in [2.05, 4.69) is 34.3 Å². The van der Waals surface area contributed by atoms with Crippen LogP contribution in [0.5, 0.6) is 0 Å². The molecule has 1 aromatic heterocycles. The van der Waals surface area contributed by atoms with Gasteiger partial charge in [0.25, 0.3) is 0 Å². The van der Waals surface area contributed by atoms with Crippen molar-refractivity contribution >= 4 is 11.6 Å².